The number of aromatic nitrogens is 2. The predicted octanol–water partition coefficient (Wildman–Crippen LogP) is 4.11. The second kappa shape index (κ2) is 9.42. The summed E-state index contributed by atoms with van der Waals surface area (Å²) in [6.07, 6.45) is 1.24. The van der Waals surface area contributed by atoms with Gasteiger partial charge in [-0.2, -0.15) is 18.2 Å². The average Bonchev–Trinajstić information content (AvgIpc) is 3.55. The van der Waals surface area contributed by atoms with Gasteiger partial charge in [-0.1, -0.05) is 11.6 Å². The van der Waals surface area contributed by atoms with Crippen molar-refractivity contribution in [2.45, 2.75) is 32.0 Å². The molecular weight excluding hydrogens is 433 g/mol. The second-order valence-electron chi connectivity index (χ2n) is 7.10. The number of halogens is 4. The van der Waals surface area contributed by atoms with Gasteiger partial charge in [0.15, 0.2) is 5.84 Å². The van der Waals surface area contributed by atoms with Crippen molar-refractivity contribution in [1.82, 2.24) is 14.9 Å². The van der Waals surface area contributed by atoms with Crippen LogP contribution in [0.2, 0.25) is 5.02 Å². The number of alkyl halides is 3. The minimum atomic E-state index is -4.63. The number of carbonyl (C=O) groups is 1. The van der Waals surface area contributed by atoms with E-state index in [1.165, 1.54) is 23.4 Å². The molecule has 1 aromatic carbocycles. The highest BCUT2D eigenvalue weighted by molar-refractivity contribution is 6.31. The van der Waals surface area contributed by atoms with Crippen LogP contribution in [0.25, 0.3) is 0 Å². The van der Waals surface area contributed by atoms with Gasteiger partial charge >= 0.3 is 6.18 Å². The van der Waals surface area contributed by atoms with Gasteiger partial charge in [0.05, 0.1) is 17.9 Å². The van der Waals surface area contributed by atoms with Crippen LogP contribution in [0.4, 0.5) is 19.1 Å². The molecule has 0 saturated heterocycles. The van der Waals surface area contributed by atoms with Crippen molar-refractivity contribution in [1.29, 1.82) is 0 Å². The molecule has 11 heteroatoms. The lowest BCUT2D eigenvalue weighted by molar-refractivity contribution is -0.137. The molecule has 164 valence electrons. The summed E-state index contributed by atoms with van der Waals surface area (Å²) in [6, 6.07) is 3.71. The van der Waals surface area contributed by atoms with Gasteiger partial charge in [0, 0.05) is 29.5 Å². The Morgan fingerprint density at radius 2 is 2.00 bits per heavy atom. The quantitative estimate of drug-likeness (QED) is 0.527. The zero-order valence-corrected chi connectivity index (χ0v) is 17.3. The van der Waals surface area contributed by atoms with Gasteiger partial charge in [0.2, 0.25) is 0 Å². The molecule has 1 heterocycles. The van der Waals surface area contributed by atoms with Crippen LogP contribution in [0.5, 0.6) is 0 Å². The van der Waals surface area contributed by atoms with Crippen molar-refractivity contribution in [3.05, 3.63) is 52.8 Å². The van der Waals surface area contributed by atoms with E-state index in [-0.39, 0.29) is 28.3 Å². The molecule has 0 radical (unpaired) electrons. The van der Waals surface area contributed by atoms with E-state index in [0.717, 1.165) is 31.3 Å². The largest absolute Gasteiger partial charge is 0.416 e. The Labute approximate surface area is 181 Å². The lowest BCUT2D eigenvalue weighted by atomic mass is 10.1. The molecule has 0 spiro atoms. The molecule has 1 aliphatic carbocycles. The third-order valence-electron chi connectivity index (χ3n) is 4.70. The number of hydrogen-bond donors (Lipinski definition) is 1. The van der Waals surface area contributed by atoms with Crippen LogP contribution in [0, 0.1) is 5.92 Å². The molecule has 0 unspecified atom stereocenters. The summed E-state index contributed by atoms with van der Waals surface area (Å²) in [6.45, 7) is 2.01. The lowest BCUT2D eigenvalue weighted by Gasteiger charge is -2.29. The van der Waals surface area contributed by atoms with Gasteiger partial charge < -0.3 is 10.6 Å². The molecular formula is C20H20ClF3N6O. The maximum Gasteiger partial charge on any atom is 0.416 e. The summed E-state index contributed by atoms with van der Waals surface area (Å²) in [5.74, 6) is -0.0817. The molecule has 0 aliphatic heterocycles. The number of nitrogens with two attached hydrogens (primary N) is 1. The van der Waals surface area contributed by atoms with E-state index in [2.05, 4.69) is 20.0 Å². The smallest absolute Gasteiger partial charge is 0.390 e. The van der Waals surface area contributed by atoms with Crippen LogP contribution in [-0.2, 0) is 6.18 Å². The van der Waals surface area contributed by atoms with Gasteiger partial charge in [0.25, 0.3) is 11.9 Å². The first kappa shape index (κ1) is 22.7. The Hall–Kier alpha value is -3.01. The van der Waals surface area contributed by atoms with E-state index in [1.807, 2.05) is 0 Å². The first-order chi connectivity index (χ1) is 14.7. The minimum Gasteiger partial charge on any atom is -0.390 e. The van der Waals surface area contributed by atoms with Crippen LogP contribution < -0.4 is 5.73 Å². The summed E-state index contributed by atoms with van der Waals surface area (Å²) >= 11 is 5.87. The fourth-order valence-electron chi connectivity index (χ4n) is 2.94. The Kier molecular flexibility index (Phi) is 6.89. The zero-order valence-electron chi connectivity index (χ0n) is 16.6. The van der Waals surface area contributed by atoms with E-state index in [1.54, 1.807) is 13.0 Å². The molecule has 1 aliphatic rings. The minimum absolute atomic E-state index is 0.121. The van der Waals surface area contributed by atoms with E-state index >= 15 is 0 Å². The maximum atomic E-state index is 13.3. The number of rotatable bonds is 6. The van der Waals surface area contributed by atoms with Crippen LogP contribution in [-0.4, -0.2) is 45.5 Å². The lowest BCUT2D eigenvalue weighted by Crippen LogP contribution is -2.44. The normalized spacial score (nSPS) is 15.8. The Morgan fingerprint density at radius 1 is 1.32 bits per heavy atom. The standard InChI is InChI=1S/C20H20ClF3N6O/c1-12(17(28-11-25)29-19-26-5-2-6-27-19)30(10-13-3-4-13)18(31)14-7-15(20(22,23)24)9-16(21)8-14/h2,5-9,11-13H,3-4,10H2,1H3,(H2,25,26,27,28,29)/t12-/m0/s1. The summed E-state index contributed by atoms with van der Waals surface area (Å²) in [4.78, 5) is 31.0. The van der Waals surface area contributed by atoms with E-state index in [4.69, 9.17) is 17.3 Å². The third-order valence-corrected chi connectivity index (χ3v) is 4.92. The number of carbonyl (C=O) groups excluding carboxylic acids is 1. The molecule has 1 atom stereocenters. The van der Waals surface area contributed by atoms with Crippen LogP contribution in [0.1, 0.15) is 35.7 Å². The molecule has 7 nitrogen and oxygen atoms in total. The average molecular weight is 453 g/mol. The van der Waals surface area contributed by atoms with Gasteiger partial charge in [-0.3, -0.25) is 4.79 Å². The van der Waals surface area contributed by atoms with E-state index in [9.17, 15) is 18.0 Å². The van der Waals surface area contributed by atoms with Gasteiger partial charge in [-0.15, -0.1) is 0 Å². The molecule has 1 aromatic heterocycles. The van der Waals surface area contributed by atoms with Crippen molar-refractivity contribution >= 4 is 35.6 Å². The maximum absolute atomic E-state index is 13.3. The van der Waals surface area contributed by atoms with Crippen molar-refractivity contribution < 1.29 is 18.0 Å². The topological polar surface area (TPSA) is 96.8 Å². The van der Waals surface area contributed by atoms with Crippen molar-refractivity contribution in [3.63, 3.8) is 0 Å². The monoisotopic (exact) mass is 452 g/mol. The first-order valence-corrected chi connectivity index (χ1v) is 9.85. The number of aliphatic imine (C=N–C) groups is 2. The summed E-state index contributed by atoms with van der Waals surface area (Å²) in [5, 5.41) is -0.177. The Balaban J connectivity index is 1.98. The molecule has 2 N–H and O–H groups in total. The Morgan fingerprint density at radius 3 is 2.58 bits per heavy atom. The molecule has 1 saturated carbocycles. The summed E-state index contributed by atoms with van der Waals surface area (Å²) in [5.41, 5.74) is 4.29. The van der Waals surface area contributed by atoms with Crippen LogP contribution in [0.15, 0.2) is 46.6 Å². The van der Waals surface area contributed by atoms with Gasteiger partial charge in [-0.05, 0) is 49.9 Å². The SMILES string of the molecule is C[C@@H](C(N=CN)=Nc1ncccn1)N(CC1CC1)C(=O)c1cc(Cl)cc(C(F)(F)F)c1. The first-order valence-electron chi connectivity index (χ1n) is 9.47. The molecule has 2 aromatic rings. The van der Waals surface area contributed by atoms with Gasteiger partial charge in [-0.25, -0.2) is 15.0 Å². The number of amides is 1. The number of amidine groups is 1. The van der Waals surface area contributed by atoms with E-state index < -0.39 is 23.7 Å². The molecule has 1 amide bonds. The highest BCUT2D eigenvalue weighted by Crippen LogP contribution is 2.34. The van der Waals surface area contributed by atoms with Crippen molar-refractivity contribution in [3.8, 4) is 0 Å². The Bertz CT molecular complexity index is 992. The third kappa shape index (κ3) is 6.00. The summed E-state index contributed by atoms with van der Waals surface area (Å²) in [7, 11) is 0. The van der Waals surface area contributed by atoms with Crippen LogP contribution in [0.3, 0.4) is 0 Å². The highest BCUT2D eigenvalue weighted by Gasteiger charge is 2.35. The zero-order chi connectivity index (χ0) is 22.6. The second-order valence-corrected chi connectivity index (χ2v) is 7.54. The highest BCUT2D eigenvalue weighted by atomic mass is 35.5. The fourth-order valence-corrected chi connectivity index (χ4v) is 3.17. The van der Waals surface area contributed by atoms with Gasteiger partial charge in [0.1, 0.15) is 0 Å². The number of hydrogen-bond acceptors (Lipinski definition) is 4. The molecule has 0 bridgehead atoms. The molecule has 31 heavy (non-hydrogen) atoms. The van der Waals surface area contributed by atoms with Crippen molar-refractivity contribution in [2.75, 3.05) is 6.54 Å². The van der Waals surface area contributed by atoms with Crippen LogP contribution >= 0.6 is 11.6 Å². The molecule has 1 fully saturated rings. The fraction of sp³-hybridized carbons (Fsp3) is 0.350. The van der Waals surface area contributed by atoms with Crippen molar-refractivity contribution in [2.24, 2.45) is 21.6 Å². The van der Waals surface area contributed by atoms with E-state index in [0.29, 0.717) is 6.54 Å². The number of benzene rings is 1. The summed E-state index contributed by atoms with van der Waals surface area (Å²) < 4.78 is 39.6. The number of nitrogens with zero attached hydrogens (tertiary/aromatic N) is 5. The molecule has 3 rings (SSSR count). The predicted molar refractivity (Wildman–Crippen MR) is 111 cm³/mol.